The van der Waals surface area contributed by atoms with E-state index in [-0.39, 0.29) is 17.8 Å². The molecule has 0 fully saturated rings. The molecule has 0 atom stereocenters. The number of carbonyl (C=O) groups excluding carboxylic acids is 1. The van der Waals surface area contributed by atoms with Gasteiger partial charge in [-0.05, 0) is 45.0 Å². The molecule has 0 saturated carbocycles. The standard InChI is InChI=1S/C20H20ClN5O4/c1-5-30-15(27)10-24-18(28)16-17(23(4)20(24)29)22-19-25(11(2)12(3)26(16)19)14-8-6-13(21)7-9-14/h6-9H,5,10H2,1-4H3. The molecule has 0 aliphatic rings. The Labute approximate surface area is 175 Å². The van der Waals surface area contributed by atoms with Gasteiger partial charge in [0.25, 0.3) is 5.56 Å². The van der Waals surface area contributed by atoms with Gasteiger partial charge in [-0.3, -0.25) is 23.1 Å². The lowest BCUT2D eigenvalue weighted by molar-refractivity contribution is -0.143. The van der Waals surface area contributed by atoms with Gasteiger partial charge in [-0.2, -0.15) is 4.98 Å². The quantitative estimate of drug-likeness (QED) is 0.462. The maximum Gasteiger partial charge on any atom is 0.333 e. The van der Waals surface area contributed by atoms with Crippen LogP contribution in [0.25, 0.3) is 22.6 Å². The first kappa shape index (κ1) is 20.0. The summed E-state index contributed by atoms with van der Waals surface area (Å²) in [5.74, 6) is -0.160. The van der Waals surface area contributed by atoms with Crippen molar-refractivity contribution in [1.29, 1.82) is 0 Å². The maximum atomic E-state index is 13.2. The van der Waals surface area contributed by atoms with Crippen molar-refractivity contribution in [3.63, 3.8) is 0 Å². The number of hydrogen-bond donors (Lipinski definition) is 0. The SMILES string of the molecule is CCOC(=O)Cn1c(=O)c2c(nc3n(-c4ccc(Cl)cc4)c(C)c(C)n23)n(C)c1=O. The Hall–Kier alpha value is -3.33. The molecule has 156 valence electrons. The summed E-state index contributed by atoms with van der Waals surface area (Å²) in [7, 11) is 1.52. The molecule has 0 aliphatic carbocycles. The lowest BCUT2D eigenvalue weighted by Gasteiger charge is -2.08. The van der Waals surface area contributed by atoms with Crippen LogP contribution in [0.1, 0.15) is 18.3 Å². The highest BCUT2D eigenvalue weighted by Gasteiger charge is 2.24. The molecule has 9 nitrogen and oxygen atoms in total. The van der Waals surface area contributed by atoms with Crippen molar-refractivity contribution in [1.82, 2.24) is 23.1 Å². The van der Waals surface area contributed by atoms with Crippen LogP contribution in [0.5, 0.6) is 0 Å². The highest BCUT2D eigenvalue weighted by atomic mass is 35.5. The van der Waals surface area contributed by atoms with Crippen molar-refractivity contribution >= 4 is 34.5 Å². The molecule has 4 aromatic rings. The van der Waals surface area contributed by atoms with E-state index in [1.165, 1.54) is 11.6 Å². The number of aromatic nitrogens is 5. The first-order valence-electron chi connectivity index (χ1n) is 9.37. The van der Waals surface area contributed by atoms with Crippen molar-refractivity contribution in [2.24, 2.45) is 7.05 Å². The Bertz CT molecular complexity index is 1420. The number of aryl methyl sites for hydroxylation is 2. The fraction of sp³-hybridized carbons (Fsp3) is 0.300. The van der Waals surface area contributed by atoms with Crippen LogP contribution in [0.4, 0.5) is 0 Å². The topological polar surface area (TPSA) is 92.5 Å². The van der Waals surface area contributed by atoms with Crippen molar-refractivity contribution in [3.05, 3.63) is 61.5 Å². The molecule has 30 heavy (non-hydrogen) atoms. The zero-order valence-corrected chi connectivity index (χ0v) is 17.7. The lowest BCUT2D eigenvalue weighted by atomic mass is 10.3. The van der Waals surface area contributed by atoms with Crippen molar-refractivity contribution in [2.75, 3.05) is 6.61 Å². The Balaban J connectivity index is 2.08. The molecule has 3 aromatic heterocycles. The number of esters is 1. The van der Waals surface area contributed by atoms with Gasteiger partial charge in [0, 0.05) is 29.1 Å². The monoisotopic (exact) mass is 429 g/mol. The van der Waals surface area contributed by atoms with Gasteiger partial charge < -0.3 is 4.74 Å². The second-order valence-corrected chi connectivity index (χ2v) is 7.38. The Morgan fingerprint density at radius 1 is 1.13 bits per heavy atom. The van der Waals surface area contributed by atoms with E-state index < -0.39 is 23.8 Å². The van der Waals surface area contributed by atoms with Crippen LogP contribution >= 0.6 is 11.6 Å². The zero-order chi connectivity index (χ0) is 21.7. The van der Waals surface area contributed by atoms with E-state index in [9.17, 15) is 14.4 Å². The van der Waals surface area contributed by atoms with Crippen LogP contribution in [-0.2, 0) is 23.1 Å². The van der Waals surface area contributed by atoms with E-state index in [0.717, 1.165) is 21.6 Å². The number of carbonyl (C=O) groups is 1. The Morgan fingerprint density at radius 3 is 2.43 bits per heavy atom. The molecule has 10 heteroatoms. The van der Waals surface area contributed by atoms with Crippen LogP contribution in [0, 0.1) is 13.8 Å². The highest BCUT2D eigenvalue weighted by Crippen LogP contribution is 2.25. The van der Waals surface area contributed by atoms with Gasteiger partial charge in [0.05, 0.1) is 6.61 Å². The number of nitrogens with zero attached hydrogens (tertiary/aromatic N) is 5. The molecule has 0 N–H and O–H groups in total. The normalized spacial score (nSPS) is 11.5. The summed E-state index contributed by atoms with van der Waals surface area (Å²) in [5.41, 5.74) is 1.74. The largest absolute Gasteiger partial charge is 0.465 e. The summed E-state index contributed by atoms with van der Waals surface area (Å²) in [6, 6.07) is 7.25. The summed E-state index contributed by atoms with van der Waals surface area (Å²) >= 11 is 6.02. The molecule has 1 aromatic carbocycles. The molecular formula is C20H20ClN5O4. The number of halogens is 1. The molecule has 0 amide bonds. The van der Waals surface area contributed by atoms with Gasteiger partial charge in [-0.25, -0.2) is 9.36 Å². The van der Waals surface area contributed by atoms with E-state index in [2.05, 4.69) is 4.98 Å². The number of hydrogen-bond acceptors (Lipinski definition) is 5. The number of rotatable bonds is 4. The molecule has 0 radical (unpaired) electrons. The van der Waals surface area contributed by atoms with E-state index in [1.807, 2.05) is 30.5 Å². The van der Waals surface area contributed by atoms with E-state index in [4.69, 9.17) is 16.3 Å². The minimum Gasteiger partial charge on any atom is -0.465 e. The molecule has 0 bridgehead atoms. The van der Waals surface area contributed by atoms with Gasteiger partial charge >= 0.3 is 11.7 Å². The number of fused-ring (bicyclic) bond motifs is 3. The third-order valence-corrected chi connectivity index (χ3v) is 5.45. The van der Waals surface area contributed by atoms with Gasteiger partial charge in [0.1, 0.15) is 6.54 Å². The predicted molar refractivity (Wildman–Crippen MR) is 113 cm³/mol. The van der Waals surface area contributed by atoms with Crippen molar-refractivity contribution in [2.45, 2.75) is 27.3 Å². The third kappa shape index (κ3) is 2.85. The summed E-state index contributed by atoms with van der Waals surface area (Å²) in [6.07, 6.45) is 0. The maximum absolute atomic E-state index is 13.2. The number of ether oxygens (including phenoxy) is 1. The second kappa shape index (κ2) is 7.17. The average molecular weight is 430 g/mol. The van der Waals surface area contributed by atoms with E-state index >= 15 is 0 Å². The van der Waals surface area contributed by atoms with Crippen molar-refractivity contribution < 1.29 is 9.53 Å². The van der Waals surface area contributed by atoms with Gasteiger partial charge in [0.2, 0.25) is 5.78 Å². The first-order chi connectivity index (χ1) is 14.3. The highest BCUT2D eigenvalue weighted by molar-refractivity contribution is 6.30. The van der Waals surface area contributed by atoms with Crippen LogP contribution in [0.3, 0.4) is 0 Å². The van der Waals surface area contributed by atoms with Crippen LogP contribution < -0.4 is 11.2 Å². The smallest absolute Gasteiger partial charge is 0.333 e. The van der Waals surface area contributed by atoms with Crippen LogP contribution in [0.15, 0.2) is 33.9 Å². The van der Waals surface area contributed by atoms with E-state index in [1.54, 1.807) is 23.5 Å². The second-order valence-electron chi connectivity index (χ2n) is 6.94. The van der Waals surface area contributed by atoms with E-state index in [0.29, 0.717) is 10.8 Å². The number of imidazole rings is 2. The van der Waals surface area contributed by atoms with Gasteiger partial charge in [-0.15, -0.1) is 0 Å². The molecule has 0 aliphatic heterocycles. The fourth-order valence-corrected chi connectivity index (χ4v) is 3.75. The molecule has 3 heterocycles. The summed E-state index contributed by atoms with van der Waals surface area (Å²) < 4.78 is 10.7. The first-order valence-corrected chi connectivity index (χ1v) is 9.75. The zero-order valence-electron chi connectivity index (χ0n) is 17.0. The third-order valence-electron chi connectivity index (χ3n) is 5.20. The molecule has 0 saturated heterocycles. The predicted octanol–water partition coefficient (Wildman–Crippen LogP) is 1.97. The Morgan fingerprint density at radius 2 is 1.80 bits per heavy atom. The molecule has 0 spiro atoms. The van der Waals surface area contributed by atoms with Gasteiger partial charge in [-0.1, -0.05) is 11.6 Å². The fourth-order valence-electron chi connectivity index (χ4n) is 3.62. The molecule has 4 rings (SSSR count). The molecule has 0 unspecified atom stereocenters. The van der Waals surface area contributed by atoms with Crippen LogP contribution in [0.2, 0.25) is 5.02 Å². The number of benzene rings is 1. The Kier molecular flexibility index (Phi) is 4.77. The average Bonchev–Trinajstić information content (AvgIpc) is 3.21. The van der Waals surface area contributed by atoms with Gasteiger partial charge in [0.15, 0.2) is 11.2 Å². The molecular weight excluding hydrogens is 410 g/mol. The lowest BCUT2D eigenvalue weighted by Crippen LogP contribution is -2.41. The van der Waals surface area contributed by atoms with Crippen molar-refractivity contribution in [3.8, 4) is 5.69 Å². The summed E-state index contributed by atoms with van der Waals surface area (Å²) in [5, 5.41) is 0.606. The van der Waals surface area contributed by atoms with Crippen LogP contribution in [-0.4, -0.2) is 35.7 Å². The minimum atomic E-state index is -0.650. The summed E-state index contributed by atoms with van der Waals surface area (Å²) in [6.45, 7) is 5.15. The summed E-state index contributed by atoms with van der Waals surface area (Å²) in [4.78, 5) is 42.5. The minimum absolute atomic E-state index is 0.162.